The molecule has 0 aliphatic carbocycles. The summed E-state index contributed by atoms with van der Waals surface area (Å²) < 4.78 is 6.65. The highest BCUT2D eigenvalue weighted by molar-refractivity contribution is 6.23. The molecule has 0 saturated carbocycles. The van der Waals surface area contributed by atoms with Crippen molar-refractivity contribution < 1.29 is 4.42 Å². The van der Waals surface area contributed by atoms with Crippen molar-refractivity contribution in [3.05, 3.63) is 224 Å². The van der Waals surface area contributed by atoms with Crippen LogP contribution in [-0.4, -0.2) is 0 Å². The first-order chi connectivity index (χ1) is 28.8. The molecule has 272 valence electrons. The van der Waals surface area contributed by atoms with E-state index in [-0.39, 0.29) is 0 Å². The molecule has 0 aliphatic heterocycles. The summed E-state index contributed by atoms with van der Waals surface area (Å²) in [5, 5.41) is 7.05. The summed E-state index contributed by atoms with van der Waals surface area (Å²) in [4.78, 5) is 2.43. The highest BCUT2D eigenvalue weighted by atomic mass is 16.3. The molecule has 1 heterocycles. The first-order valence-electron chi connectivity index (χ1n) is 19.8. The molecule has 0 amide bonds. The molecule has 0 aliphatic rings. The van der Waals surface area contributed by atoms with Crippen LogP contribution in [-0.2, 0) is 0 Å². The van der Waals surface area contributed by atoms with Gasteiger partial charge in [-0.15, -0.1) is 0 Å². The number of hydrogen-bond donors (Lipinski definition) is 0. The van der Waals surface area contributed by atoms with Crippen molar-refractivity contribution in [2.24, 2.45) is 0 Å². The molecule has 0 bridgehead atoms. The van der Waals surface area contributed by atoms with E-state index in [2.05, 4.69) is 229 Å². The third-order valence-electron chi connectivity index (χ3n) is 11.5. The lowest BCUT2D eigenvalue weighted by Gasteiger charge is -2.29. The molecular weight excluding hydrogens is 703 g/mol. The second-order valence-corrected chi connectivity index (χ2v) is 14.8. The summed E-state index contributed by atoms with van der Waals surface area (Å²) >= 11 is 0. The fraction of sp³-hybridized carbons (Fsp3) is 0. The van der Waals surface area contributed by atoms with Gasteiger partial charge < -0.3 is 9.32 Å². The normalized spacial score (nSPS) is 11.4. The summed E-state index contributed by atoms with van der Waals surface area (Å²) in [5.74, 6) is 0. The SMILES string of the molecule is c1ccc(-c2ccc(N(c3ccc(-c4cccc5cccc(-c6ccccc6)c45)cc3)c3cccc4oc5ccc6ccccc6c5c34)c(-c3ccccc3)c2)cc1. The zero-order valence-electron chi connectivity index (χ0n) is 31.7. The zero-order chi connectivity index (χ0) is 38.4. The molecule has 0 unspecified atom stereocenters. The molecule has 11 aromatic rings. The second-order valence-electron chi connectivity index (χ2n) is 14.8. The molecule has 10 aromatic carbocycles. The lowest BCUT2D eigenvalue weighted by Crippen LogP contribution is -2.12. The molecule has 0 atom stereocenters. The van der Waals surface area contributed by atoms with Crippen LogP contribution in [0.4, 0.5) is 17.1 Å². The van der Waals surface area contributed by atoms with Crippen LogP contribution in [0.1, 0.15) is 0 Å². The number of fused-ring (bicyclic) bond motifs is 6. The van der Waals surface area contributed by atoms with Crippen LogP contribution >= 0.6 is 0 Å². The zero-order valence-corrected chi connectivity index (χ0v) is 31.7. The van der Waals surface area contributed by atoms with E-state index in [1.807, 2.05) is 0 Å². The summed E-state index contributed by atoms with van der Waals surface area (Å²) in [6.45, 7) is 0. The van der Waals surface area contributed by atoms with Gasteiger partial charge in [0.1, 0.15) is 11.2 Å². The monoisotopic (exact) mass is 739 g/mol. The van der Waals surface area contributed by atoms with E-state index in [0.717, 1.165) is 50.1 Å². The van der Waals surface area contributed by atoms with Crippen LogP contribution in [0, 0.1) is 0 Å². The van der Waals surface area contributed by atoms with Gasteiger partial charge in [0, 0.05) is 16.6 Å². The van der Waals surface area contributed by atoms with Crippen molar-refractivity contribution in [3.8, 4) is 44.5 Å². The predicted molar refractivity (Wildman–Crippen MR) is 245 cm³/mol. The van der Waals surface area contributed by atoms with E-state index in [1.54, 1.807) is 0 Å². The molecular formula is C56H37NO. The molecule has 1 aromatic heterocycles. The number of benzene rings is 10. The van der Waals surface area contributed by atoms with Crippen molar-refractivity contribution in [2.45, 2.75) is 0 Å². The average molecular weight is 740 g/mol. The van der Waals surface area contributed by atoms with Crippen molar-refractivity contribution >= 4 is 60.5 Å². The van der Waals surface area contributed by atoms with E-state index in [9.17, 15) is 0 Å². The van der Waals surface area contributed by atoms with Crippen molar-refractivity contribution in [3.63, 3.8) is 0 Å². The van der Waals surface area contributed by atoms with E-state index in [4.69, 9.17) is 4.42 Å². The average Bonchev–Trinajstić information content (AvgIpc) is 3.70. The highest BCUT2D eigenvalue weighted by Crippen LogP contribution is 2.48. The van der Waals surface area contributed by atoms with E-state index < -0.39 is 0 Å². The maximum absolute atomic E-state index is 6.65. The van der Waals surface area contributed by atoms with Crippen LogP contribution < -0.4 is 4.90 Å². The molecule has 58 heavy (non-hydrogen) atoms. The topological polar surface area (TPSA) is 16.4 Å². The first-order valence-corrected chi connectivity index (χ1v) is 19.8. The van der Waals surface area contributed by atoms with Crippen molar-refractivity contribution in [2.75, 3.05) is 4.90 Å². The van der Waals surface area contributed by atoms with Crippen LogP contribution in [0.15, 0.2) is 229 Å². The summed E-state index contributed by atoms with van der Waals surface area (Å²) in [6.07, 6.45) is 0. The lowest BCUT2D eigenvalue weighted by molar-refractivity contribution is 0.669. The van der Waals surface area contributed by atoms with Crippen LogP contribution in [0.2, 0.25) is 0 Å². The standard InChI is InChI=1S/C56H37NO/c1-4-15-38(16-5-1)44-31-35-50(49(37-44)40-19-8-3-9-20-40)57(51-27-14-28-52-56(51)55-48-24-11-10-21-41(48)32-36-53(55)58-52)45-33-29-42(30-34-45)47-26-13-23-43-22-12-25-46(54(43)47)39-17-6-2-7-18-39/h1-37H. The minimum absolute atomic E-state index is 0.858. The van der Waals surface area contributed by atoms with Gasteiger partial charge in [-0.3, -0.25) is 0 Å². The Balaban J connectivity index is 1.16. The Morgan fingerprint density at radius 3 is 1.55 bits per heavy atom. The van der Waals surface area contributed by atoms with Gasteiger partial charge in [-0.2, -0.15) is 0 Å². The second kappa shape index (κ2) is 14.1. The lowest BCUT2D eigenvalue weighted by atomic mass is 9.91. The van der Waals surface area contributed by atoms with Crippen molar-refractivity contribution in [1.29, 1.82) is 0 Å². The minimum atomic E-state index is 0.858. The molecule has 0 saturated heterocycles. The van der Waals surface area contributed by atoms with E-state index in [0.29, 0.717) is 0 Å². The smallest absolute Gasteiger partial charge is 0.137 e. The predicted octanol–water partition coefficient (Wildman–Crippen LogP) is 16.0. The quantitative estimate of drug-likeness (QED) is 0.162. The fourth-order valence-electron chi connectivity index (χ4n) is 8.78. The largest absolute Gasteiger partial charge is 0.456 e. The van der Waals surface area contributed by atoms with Gasteiger partial charge in [0.25, 0.3) is 0 Å². The van der Waals surface area contributed by atoms with Gasteiger partial charge in [-0.25, -0.2) is 0 Å². The number of nitrogens with zero attached hydrogens (tertiary/aromatic N) is 1. The maximum atomic E-state index is 6.65. The Kier molecular flexibility index (Phi) is 8.19. The number of anilines is 3. The molecule has 0 spiro atoms. The summed E-state index contributed by atoms with van der Waals surface area (Å²) in [6, 6.07) is 80.6. The molecule has 0 radical (unpaired) electrons. The number of rotatable bonds is 7. The maximum Gasteiger partial charge on any atom is 0.137 e. The molecule has 2 heteroatoms. The van der Waals surface area contributed by atoms with Gasteiger partial charge in [0.05, 0.1) is 16.8 Å². The Bertz CT molecular complexity index is 3250. The Hall–Kier alpha value is -7.68. The van der Waals surface area contributed by atoms with Gasteiger partial charge in [0.2, 0.25) is 0 Å². The van der Waals surface area contributed by atoms with Crippen molar-refractivity contribution in [1.82, 2.24) is 0 Å². The molecule has 11 rings (SSSR count). The molecule has 0 fully saturated rings. The minimum Gasteiger partial charge on any atom is -0.456 e. The first kappa shape index (κ1) is 33.6. The summed E-state index contributed by atoms with van der Waals surface area (Å²) in [5.41, 5.74) is 14.4. The fourth-order valence-corrected chi connectivity index (χ4v) is 8.78. The molecule has 2 nitrogen and oxygen atoms in total. The van der Waals surface area contributed by atoms with E-state index >= 15 is 0 Å². The third kappa shape index (κ3) is 5.74. The Morgan fingerprint density at radius 2 is 0.845 bits per heavy atom. The van der Waals surface area contributed by atoms with Crippen LogP contribution in [0.25, 0.3) is 88.0 Å². The van der Waals surface area contributed by atoms with Crippen LogP contribution in [0.5, 0.6) is 0 Å². The van der Waals surface area contributed by atoms with E-state index in [1.165, 1.54) is 54.9 Å². The molecule has 0 N–H and O–H groups in total. The summed E-state index contributed by atoms with van der Waals surface area (Å²) in [7, 11) is 0. The van der Waals surface area contributed by atoms with Gasteiger partial charge in [-0.1, -0.05) is 182 Å². The highest BCUT2D eigenvalue weighted by Gasteiger charge is 2.24. The van der Waals surface area contributed by atoms with Crippen LogP contribution in [0.3, 0.4) is 0 Å². The van der Waals surface area contributed by atoms with Gasteiger partial charge in [-0.05, 0) is 103 Å². The number of hydrogen-bond acceptors (Lipinski definition) is 2. The van der Waals surface area contributed by atoms with Gasteiger partial charge >= 0.3 is 0 Å². The number of furan rings is 1. The Labute approximate surface area is 337 Å². The third-order valence-corrected chi connectivity index (χ3v) is 11.5. The van der Waals surface area contributed by atoms with Gasteiger partial charge in [0.15, 0.2) is 0 Å². The Morgan fingerprint density at radius 1 is 0.293 bits per heavy atom.